The first kappa shape index (κ1) is 24.5. The van der Waals surface area contributed by atoms with Gasteiger partial charge in [-0.1, -0.05) is 30.3 Å². The lowest BCUT2D eigenvalue weighted by Gasteiger charge is -2.61. The van der Waals surface area contributed by atoms with Gasteiger partial charge in [-0.25, -0.2) is 9.59 Å². The number of nitrogens with one attached hydrogen (secondary N) is 2. The van der Waals surface area contributed by atoms with E-state index in [0.29, 0.717) is 23.8 Å². The normalized spacial score (nSPS) is 31.3. The average molecular weight is 473 g/mol. The van der Waals surface area contributed by atoms with Crippen LogP contribution in [0.5, 0.6) is 0 Å². The molecule has 4 bridgehead atoms. The second-order valence-electron chi connectivity index (χ2n) is 11.5. The molecule has 8 nitrogen and oxygen atoms in total. The third-order valence-corrected chi connectivity index (χ3v) is 7.47. The zero-order valence-electron chi connectivity index (χ0n) is 20.4. The maximum atomic E-state index is 13.8. The standard InChI is InChI=1S/C26H36N2O6/c1-24(2,3)34-23(31)28-20(25-11-16-10-17(12-25)14-26(32,13-16)15-25)21(29)27-19(22(30)33-4)18-8-6-5-7-9-18/h5-9,16-17,19-20,32H,10-15H2,1-4H3,(H,27,29)(H,28,31)/t16?,17?,19-,20+,25?,26?/m0/s1. The SMILES string of the molecule is COC(=O)[C@@H](NC(=O)[C@@H](NC(=O)OC(C)(C)C)C12CC3CC(CC(O)(C3)C1)C2)c1ccccc1. The topological polar surface area (TPSA) is 114 Å². The van der Waals surface area contributed by atoms with Gasteiger partial charge in [0.05, 0.1) is 12.7 Å². The minimum atomic E-state index is -1.02. The molecule has 2 unspecified atom stereocenters. The molecule has 4 atom stereocenters. The van der Waals surface area contributed by atoms with Crippen molar-refractivity contribution in [3.05, 3.63) is 35.9 Å². The second kappa shape index (κ2) is 8.87. The predicted octanol–water partition coefficient (Wildman–Crippen LogP) is 3.24. The first-order valence-corrected chi connectivity index (χ1v) is 12.1. The Labute approximate surface area is 200 Å². The van der Waals surface area contributed by atoms with Crippen molar-refractivity contribution in [2.24, 2.45) is 17.3 Å². The number of amides is 2. The van der Waals surface area contributed by atoms with E-state index in [2.05, 4.69) is 10.6 Å². The van der Waals surface area contributed by atoms with Crippen molar-refractivity contribution < 1.29 is 29.0 Å². The first-order chi connectivity index (χ1) is 15.9. The van der Waals surface area contributed by atoms with E-state index in [0.717, 1.165) is 32.1 Å². The monoisotopic (exact) mass is 472 g/mol. The molecule has 1 aromatic rings. The number of benzene rings is 1. The molecule has 0 radical (unpaired) electrons. The lowest BCUT2D eigenvalue weighted by molar-refractivity contribution is -0.177. The molecule has 0 heterocycles. The summed E-state index contributed by atoms with van der Waals surface area (Å²) in [5.74, 6) is -0.449. The zero-order valence-corrected chi connectivity index (χ0v) is 20.4. The molecule has 0 aromatic heterocycles. The van der Waals surface area contributed by atoms with E-state index in [1.807, 2.05) is 6.07 Å². The summed E-state index contributed by atoms with van der Waals surface area (Å²) in [4.78, 5) is 39.2. The fourth-order valence-corrected chi connectivity index (χ4v) is 6.81. The molecule has 4 aliphatic rings. The summed E-state index contributed by atoms with van der Waals surface area (Å²) in [5.41, 5.74) is -1.57. The van der Waals surface area contributed by atoms with Crippen molar-refractivity contribution in [1.29, 1.82) is 0 Å². The highest BCUT2D eigenvalue weighted by Gasteiger charge is 2.61. The van der Waals surface area contributed by atoms with Gasteiger partial charge in [0.15, 0.2) is 6.04 Å². The highest BCUT2D eigenvalue weighted by molar-refractivity contribution is 5.91. The average Bonchev–Trinajstić information content (AvgIpc) is 2.72. The van der Waals surface area contributed by atoms with Crippen LogP contribution in [0.15, 0.2) is 30.3 Å². The van der Waals surface area contributed by atoms with Crippen LogP contribution in [-0.4, -0.2) is 47.4 Å². The van der Waals surface area contributed by atoms with Gasteiger partial charge in [0.25, 0.3) is 0 Å². The Kier molecular flexibility index (Phi) is 6.40. The Bertz CT molecular complexity index is 926. The molecule has 5 rings (SSSR count). The molecule has 4 saturated carbocycles. The van der Waals surface area contributed by atoms with Gasteiger partial charge in [0.2, 0.25) is 5.91 Å². The molecule has 4 aliphatic carbocycles. The van der Waals surface area contributed by atoms with Crippen LogP contribution in [0.2, 0.25) is 0 Å². The third-order valence-electron chi connectivity index (χ3n) is 7.47. The maximum Gasteiger partial charge on any atom is 0.408 e. The molecule has 0 aliphatic heterocycles. The van der Waals surface area contributed by atoms with Crippen LogP contribution >= 0.6 is 0 Å². The van der Waals surface area contributed by atoms with E-state index in [4.69, 9.17) is 9.47 Å². The fraction of sp³-hybridized carbons (Fsp3) is 0.654. The Morgan fingerprint density at radius 3 is 2.18 bits per heavy atom. The first-order valence-electron chi connectivity index (χ1n) is 12.1. The zero-order chi connectivity index (χ0) is 24.7. The minimum absolute atomic E-state index is 0.313. The molecule has 2 amide bonds. The van der Waals surface area contributed by atoms with Crippen LogP contribution < -0.4 is 10.6 Å². The molecule has 1 aromatic carbocycles. The smallest absolute Gasteiger partial charge is 0.408 e. The van der Waals surface area contributed by atoms with E-state index in [-0.39, 0.29) is 0 Å². The highest BCUT2D eigenvalue weighted by Crippen LogP contribution is 2.62. The van der Waals surface area contributed by atoms with Gasteiger partial charge < -0.3 is 25.2 Å². The lowest BCUT2D eigenvalue weighted by atomic mass is 9.46. The summed E-state index contributed by atoms with van der Waals surface area (Å²) in [7, 11) is 1.27. The Morgan fingerprint density at radius 1 is 1.03 bits per heavy atom. The van der Waals surface area contributed by atoms with E-state index in [9.17, 15) is 19.5 Å². The van der Waals surface area contributed by atoms with Crippen molar-refractivity contribution in [2.75, 3.05) is 7.11 Å². The summed E-state index contributed by atoms with van der Waals surface area (Å²) in [6.45, 7) is 5.29. The third kappa shape index (κ3) is 5.06. The van der Waals surface area contributed by atoms with Gasteiger partial charge in [0.1, 0.15) is 11.6 Å². The lowest BCUT2D eigenvalue weighted by Crippen LogP contribution is -2.66. The summed E-state index contributed by atoms with van der Waals surface area (Å²) >= 11 is 0. The molecule has 4 fully saturated rings. The van der Waals surface area contributed by atoms with Crippen LogP contribution in [-0.2, 0) is 19.1 Å². The molecule has 34 heavy (non-hydrogen) atoms. The summed E-state index contributed by atoms with van der Waals surface area (Å²) in [6.07, 6.45) is 3.75. The van der Waals surface area contributed by atoms with E-state index in [1.165, 1.54) is 7.11 Å². The predicted molar refractivity (Wildman–Crippen MR) is 125 cm³/mol. The van der Waals surface area contributed by atoms with Crippen LogP contribution in [0.25, 0.3) is 0 Å². The number of methoxy groups -OCH3 is 1. The Hall–Kier alpha value is -2.61. The van der Waals surface area contributed by atoms with Gasteiger partial charge in [-0.15, -0.1) is 0 Å². The number of ether oxygens (including phenoxy) is 2. The Morgan fingerprint density at radius 2 is 1.65 bits per heavy atom. The van der Waals surface area contributed by atoms with Gasteiger partial charge in [0, 0.05) is 5.41 Å². The number of aliphatic hydroxyl groups is 1. The molecular formula is C26H36N2O6. The molecule has 3 N–H and O–H groups in total. The van der Waals surface area contributed by atoms with Crippen LogP contribution in [0.3, 0.4) is 0 Å². The molecule has 0 spiro atoms. The van der Waals surface area contributed by atoms with Gasteiger partial charge >= 0.3 is 12.1 Å². The van der Waals surface area contributed by atoms with E-state index in [1.54, 1.807) is 45.0 Å². The number of carbonyl (C=O) groups excluding carboxylic acids is 3. The van der Waals surface area contributed by atoms with Gasteiger partial charge in [-0.3, -0.25) is 4.79 Å². The fourth-order valence-electron chi connectivity index (χ4n) is 6.81. The van der Waals surface area contributed by atoms with Crippen molar-refractivity contribution in [2.45, 2.75) is 82.6 Å². The molecule has 0 saturated heterocycles. The number of hydrogen-bond donors (Lipinski definition) is 3. The van der Waals surface area contributed by atoms with E-state index < -0.39 is 46.7 Å². The van der Waals surface area contributed by atoms with Crippen molar-refractivity contribution >= 4 is 18.0 Å². The van der Waals surface area contributed by atoms with Crippen LogP contribution in [0.4, 0.5) is 4.79 Å². The van der Waals surface area contributed by atoms with Crippen LogP contribution in [0.1, 0.15) is 70.9 Å². The van der Waals surface area contributed by atoms with Gasteiger partial charge in [-0.05, 0) is 76.7 Å². The molecule has 8 heteroatoms. The molecule has 186 valence electrons. The molecular weight excluding hydrogens is 436 g/mol. The second-order valence-corrected chi connectivity index (χ2v) is 11.5. The number of carbonyl (C=O) groups is 3. The van der Waals surface area contributed by atoms with Crippen LogP contribution in [0, 0.1) is 17.3 Å². The summed E-state index contributed by atoms with van der Waals surface area (Å²) in [5, 5.41) is 16.9. The maximum absolute atomic E-state index is 13.8. The van der Waals surface area contributed by atoms with Crippen molar-refractivity contribution in [3.63, 3.8) is 0 Å². The quantitative estimate of drug-likeness (QED) is 0.548. The van der Waals surface area contributed by atoms with E-state index >= 15 is 0 Å². The van der Waals surface area contributed by atoms with Crippen molar-refractivity contribution in [1.82, 2.24) is 10.6 Å². The van der Waals surface area contributed by atoms with Crippen molar-refractivity contribution in [3.8, 4) is 0 Å². The largest absolute Gasteiger partial charge is 0.467 e. The highest BCUT2D eigenvalue weighted by atomic mass is 16.6. The number of esters is 1. The number of alkyl carbamates (subject to hydrolysis) is 1. The minimum Gasteiger partial charge on any atom is -0.467 e. The summed E-state index contributed by atoms with van der Waals surface area (Å²) < 4.78 is 10.4. The summed E-state index contributed by atoms with van der Waals surface area (Å²) in [6, 6.07) is 6.90. The van der Waals surface area contributed by atoms with Gasteiger partial charge in [-0.2, -0.15) is 0 Å². The number of rotatable bonds is 6. The number of hydrogen-bond acceptors (Lipinski definition) is 6. The Balaban J connectivity index is 1.64.